The number of rotatable bonds is 7. The van der Waals surface area contributed by atoms with E-state index in [4.69, 9.17) is 14.2 Å². The number of likely N-dealkylation sites (N-methyl/N-ethyl adjacent to an activating group) is 1. The lowest BCUT2D eigenvalue weighted by Crippen LogP contribution is -2.42. The molecule has 0 spiro atoms. The van der Waals surface area contributed by atoms with Crippen LogP contribution in [-0.2, 0) is 11.3 Å². The van der Waals surface area contributed by atoms with Gasteiger partial charge in [0.1, 0.15) is 5.60 Å². The van der Waals surface area contributed by atoms with E-state index in [9.17, 15) is 4.79 Å². The minimum Gasteiger partial charge on any atom is -0.493 e. The summed E-state index contributed by atoms with van der Waals surface area (Å²) in [6, 6.07) is 5.73. The molecule has 1 aromatic rings. The van der Waals surface area contributed by atoms with E-state index in [-0.39, 0.29) is 30.1 Å². The standard InChI is InChI=1S/C19H32N4O4.HI/c1-19(2,3)27-18(24)23(5)11-10-21-17(20-4)22-13-14-8-9-15(25-6)16(12-14)26-7;/h8-9,12H,10-11,13H2,1-7H3,(H2,20,21,22);1H. The normalized spacial score (nSPS) is 11.2. The second-order valence-corrected chi connectivity index (χ2v) is 6.94. The van der Waals surface area contributed by atoms with Gasteiger partial charge in [-0.15, -0.1) is 24.0 Å². The van der Waals surface area contributed by atoms with Crippen molar-refractivity contribution in [1.82, 2.24) is 15.5 Å². The Hall–Kier alpha value is -1.91. The Morgan fingerprint density at radius 2 is 1.79 bits per heavy atom. The van der Waals surface area contributed by atoms with E-state index in [0.29, 0.717) is 37.1 Å². The highest BCUT2D eigenvalue weighted by molar-refractivity contribution is 14.0. The number of ether oxygens (including phenoxy) is 3. The van der Waals surface area contributed by atoms with Crippen molar-refractivity contribution in [2.45, 2.75) is 32.9 Å². The first-order valence-corrected chi connectivity index (χ1v) is 8.79. The molecule has 1 rings (SSSR count). The number of halogens is 1. The Morgan fingerprint density at radius 1 is 1.14 bits per heavy atom. The second kappa shape index (κ2) is 12.5. The topological polar surface area (TPSA) is 84.4 Å². The van der Waals surface area contributed by atoms with Crippen LogP contribution in [0.5, 0.6) is 11.5 Å². The zero-order chi connectivity index (χ0) is 20.4. The van der Waals surface area contributed by atoms with E-state index < -0.39 is 5.60 Å². The zero-order valence-corrected chi connectivity index (χ0v) is 20.1. The first kappa shape index (κ1) is 26.1. The van der Waals surface area contributed by atoms with Crippen molar-refractivity contribution in [2.75, 3.05) is 41.4 Å². The van der Waals surface area contributed by atoms with Crippen molar-refractivity contribution in [3.8, 4) is 11.5 Å². The molecule has 0 fully saturated rings. The fourth-order valence-electron chi connectivity index (χ4n) is 2.17. The van der Waals surface area contributed by atoms with Crippen molar-refractivity contribution in [3.05, 3.63) is 23.8 Å². The summed E-state index contributed by atoms with van der Waals surface area (Å²) in [4.78, 5) is 17.6. The van der Waals surface area contributed by atoms with Crippen molar-refractivity contribution in [3.63, 3.8) is 0 Å². The van der Waals surface area contributed by atoms with Crippen LogP contribution < -0.4 is 20.1 Å². The summed E-state index contributed by atoms with van der Waals surface area (Å²) in [5, 5.41) is 6.40. The number of guanidine groups is 1. The smallest absolute Gasteiger partial charge is 0.410 e. The molecule has 0 heterocycles. The van der Waals surface area contributed by atoms with Crippen LogP contribution in [0.2, 0.25) is 0 Å². The third-order valence-corrected chi connectivity index (χ3v) is 3.58. The Bertz CT molecular complexity index is 647. The average molecular weight is 508 g/mol. The van der Waals surface area contributed by atoms with Gasteiger partial charge < -0.3 is 29.7 Å². The van der Waals surface area contributed by atoms with Crippen molar-refractivity contribution < 1.29 is 19.0 Å². The first-order valence-electron chi connectivity index (χ1n) is 8.79. The van der Waals surface area contributed by atoms with Gasteiger partial charge >= 0.3 is 6.09 Å². The third kappa shape index (κ3) is 9.34. The number of nitrogens with zero attached hydrogens (tertiary/aromatic N) is 2. The molecule has 160 valence electrons. The summed E-state index contributed by atoms with van der Waals surface area (Å²) in [7, 11) is 6.61. The molecule has 0 bridgehead atoms. The fourth-order valence-corrected chi connectivity index (χ4v) is 2.17. The molecule has 0 aromatic heterocycles. The maximum absolute atomic E-state index is 11.9. The summed E-state index contributed by atoms with van der Waals surface area (Å²) in [6.07, 6.45) is -0.349. The maximum atomic E-state index is 11.9. The fraction of sp³-hybridized carbons (Fsp3) is 0.579. The van der Waals surface area contributed by atoms with Gasteiger partial charge in [0.25, 0.3) is 0 Å². The summed E-state index contributed by atoms with van der Waals surface area (Å²) in [6.45, 7) is 7.14. The monoisotopic (exact) mass is 508 g/mol. The molecule has 0 saturated carbocycles. The van der Waals surface area contributed by atoms with E-state index in [0.717, 1.165) is 5.56 Å². The van der Waals surface area contributed by atoms with Crippen LogP contribution in [0.25, 0.3) is 0 Å². The molecule has 2 N–H and O–H groups in total. The van der Waals surface area contributed by atoms with Crippen LogP contribution >= 0.6 is 24.0 Å². The number of nitrogens with one attached hydrogen (secondary N) is 2. The molecule has 0 unspecified atom stereocenters. The summed E-state index contributed by atoms with van der Waals surface area (Å²) >= 11 is 0. The highest BCUT2D eigenvalue weighted by atomic mass is 127. The second-order valence-electron chi connectivity index (χ2n) is 6.94. The van der Waals surface area contributed by atoms with Crippen LogP contribution in [0, 0.1) is 0 Å². The summed E-state index contributed by atoms with van der Waals surface area (Å²) in [5.74, 6) is 2.01. The van der Waals surface area contributed by atoms with Crippen molar-refractivity contribution >= 4 is 36.0 Å². The number of amides is 1. The Kier molecular flexibility index (Phi) is 11.7. The number of benzene rings is 1. The van der Waals surface area contributed by atoms with Crippen LogP contribution in [0.3, 0.4) is 0 Å². The van der Waals surface area contributed by atoms with Gasteiger partial charge in [-0.25, -0.2) is 4.79 Å². The first-order chi connectivity index (χ1) is 12.7. The van der Waals surface area contributed by atoms with Gasteiger partial charge in [0.15, 0.2) is 17.5 Å². The van der Waals surface area contributed by atoms with E-state index in [1.165, 1.54) is 4.90 Å². The lowest BCUT2D eigenvalue weighted by atomic mass is 10.2. The Labute approximate surface area is 185 Å². The predicted octanol–water partition coefficient (Wildman–Crippen LogP) is 2.85. The maximum Gasteiger partial charge on any atom is 0.410 e. The molecular formula is C19H33IN4O4. The number of aliphatic imine (C=N–C) groups is 1. The highest BCUT2D eigenvalue weighted by Crippen LogP contribution is 2.27. The molecule has 9 heteroatoms. The number of carbonyl (C=O) groups is 1. The molecule has 0 atom stereocenters. The quantitative estimate of drug-likeness (QED) is 0.335. The molecule has 1 amide bonds. The molecule has 28 heavy (non-hydrogen) atoms. The van der Waals surface area contributed by atoms with E-state index in [1.54, 1.807) is 28.3 Å². The predicted molar refractivity (Wildman–Crippen MR) is 122 cm³/mol. The highest BCUT2D eigenvalue weighted by Gasteiger charge is 2.19. The third-order valence-electron chi connectivity index (χ3n) is 3.58. The van der Waals surface area contributed by atoms with Crippen molar-refractivity contribution in [2.24, 2.45) is 4.99 Å². The molecular weight excluding hydrogens is 475 g/mol. The van der Waals surface area contributed by atoms with E-state index in [2.05, 4.69) is 15.6 Å². The molecule has 0 aliphatic rings. The SMILES string of the molecule is CN=C(NCCN(C)C(=O)OC(C)(C)C)NCc1ccc(OC)c(OC)c1.I. The Balaban J connectivity index is 0.00000729. The van der Waals surface area contributed by atoms with Crippen molar-refractivity contribution in [1.29, 1.82) is 0 Å². The number of hydrogen-bond acceptors (Lipinski definition) is 5. The minimum absolute atomic E-state index is 0. The number of hydrogen-bond donors (Lipinski definition) is 2. The molecule has 0 aliphatic carbocycles. The van der Waals surface area contributed by atoms with Gasteiger partial charge in [0, 0.05) is 33.7 Å². The summed E-state index contributed by atoms with van der Waals surface area (Å²) < 4.78 is 15.9. The molecule has 0 saturated heterocycles. The molecule has 0 aliphatic heterocycles. The van der Waals surface area contributed by atoms with E-state index in [1.807, 2.05) is 39.0 Å². The van der Waals surface area contributed by atoms with Crippen LogP contribution in [0.1, 0.15) is 26.3 Å². The van der Waals surface area contributed by atoms with Gasteiger partial charge in [0.05, 0.1) is 14.2 Å². The molecule has 8 nitrogen and oxygen atoms in total. The van der Waals surface area contributed by atoms with Gasteiger partial charge in [-0.3, -0.25) is 4.99 Å². The average Bonchev–Trinajstić information content (AvgIpc) is 2.62. The van der Waals surface area contributed by atoms with Gasteiger partial charge in [0.2, 0.25) is 0 Å². The van der Waals surface area contributed by atoms with Gasteiger partial charge in [-0.2, -0.15) is 0 Å². The lowest BCUT2D eigenvalue weighted by molar-refractivity contribution is 0.0302. The minimum atomic E-state index is -0.504. The van der Waals surface area contributed by atoms with E-state index >= 15 is 0 Å². The molecule has 1 aromatic carbocycles. The lowest BCUT2D eigenvalue weighted by Gasteiger charge is -2.25. The molecule has 0 radical (unpaired) electrons. The van der Waals surface area contributed by atoms with Crippen LogP contribution in [-0.4, -0.2) is 64.0 Å². The van der Waals surface area contributed by atoms with Gasteiger partial charge in [-0.1, -0.05) is 6.07 Å². The Morgan fingerprint density at radius 3 is 2.32 bits per heavy atom. The van der Waals surface area contributed by atoms with Crippen LogP contribution in [0.15, 0.2) is 23.2 Å². The van der Waals surface area contributed by atoms with Gasteiger partial charge in [-0.05, 0) is 38.5 Å². The number of methoxy groups -OCH3 is 2. The van der Waals surface area contributed by atoms with Crippen LogP contribution in [0.4, 0.5) is 4.79 Å². The zero-order valence-electron chi connectivity index (χ0n) is 17.8. The largest absolute Gasteiger partial charge is 0.493 e. The number of carbonyl (C=O) groups excluding carboxylic acids is 1. The summed E-state index contributed by atoms with van der Waals surface area (Å²) in [5.41, 5.74) is 0.525.